The van der Waals surface area contributed by atoms with Crippen LogP contribution in [0.1, 0.15) is 37.0 Å². The Kier molecular flexibility index (Phi) is 4.34. The van der Waals surface area contributed by atoms with Gasteiger partial charge in [0, 0.05) is 0 Å². The first-order valence-electron chi connectivity index (χ1n) is 5.73. The van der Waals surface area contributed by atoms with Crippen LogP contribution in [0.15, 0.2) is 18.2 Å². The number of rotatable bonds is 4. The average Bonchev–Trinajstić information content (AvgIpc) is 2.10. The Morgan fingerprint density at radius 2 is 1.80 bits per heavy atom. The lowest BCUT2D eigenvalue weighted by Crippen LogP contribution is -2.13. The van der Waals surface area contributed by atoms with Gasteiger partial charge in [-0.15, -0.1) is 0 Å². The number of aliphatic hydroxyl groups excluding tert-OH is 1. The molecule has 0 saturated heterocycles. The minimum absolute atomic E-state index is 0.202. The summed E-state index contributed by atoms with van der Waals surface area (Å²) in [6.07, 6.45) is 1.46. The minimum atomic E-state index is -0.202. The summed E-state index contributed by atoms with van der Waals surface area (Å²) in [7, 11) is 0. The van der Waals surface area contributed by atoms with E-state index >= 15 is 0 Å². The first kappa shape index (κ1) is 12.3. The summed E-state index contributed by atoms with van der Waals surface area (Å²) in [5.74, 6) is 0.562. The summed E-state index contributed by atoms with van der Waals surface area (Å²) in [6, 6.07) is 6.43. The summed E-state index contributed by atoms with van der Waals surface area (Å²) in [5, 5.41) is 9.83. The van der Waals surface area contributed by atoms with Gasteiger partial charge in [-0.1, -0.05) is 32.0 Å². The molecule has 0 aliphatic rings. The predicted octanol–water partition coefficient (Wildman–Crippen LogP) is 3.25. The Morgan fingerprint density at radius 3 is 2.33 bits per heavy atom. The third kappa shape index (κ3) is 4.05. The van der Waals surface area contributed by atoms with Gasteiger partial charge >= 0.3 is 0 Å². The molecule has 0 heterocycles. The molecule has 15 heavy (non-hydrogen) atoms. The zero-order chi connectivity index (χ0) is 11.4. The maximum atomic E-state index is 9.83. The molecule has 0 saturated carbocycles. The van der Waals surface area contributed by atoms with Gasteiger partial charge in [0.2, 0.25) is 0 Å². The second-order valence-electron chi connectivity index (χ2n) is 4.91. The number of benzene rings is 1. The molecular weight excluding hydrogens is 184 g/mol. The summed E-state index contributed by atoms with van der Waals surface area (Å²) in [4.78, 5) is 0. The van der Waals surface area contributed by atoms with Crippen LogP contribution in [-0.4, -0.2) is 11.2 Å². The number of aliphatic hydroxyl groups is 1. The molecule has 1 aromatic rings. The van der Waals surface area contributed by atoms with Crippen LogP contribution in [0.4, 0.5) is 0 Å². The summed E-state index contributed by atoms with van der Waals surface area (Å²) < 4.78 is 0. The molecule has 1 atom stereocenters. The summed E-state index contributed by atoms with van der Waals surface area (Å²) >= 11 is 0. The lowest BCUT2D eigenvalue weighted by Gasteiger charge is -2.13. The molecule has 84 valence electrons. The van der Waals surface area contributed by atoms with Crippen LogP contribution >= 0.6 is 0 Å². The Hall–Kier alpha value is -0.820. The Labute approximate surface area is 93.1 Å². The fourth-order valence-electron chi connectivity index (χ4n) is 1.83. The molecule has 0 aromatic heterocycles. The SMILES string of the molecule is Cc1ccc(CC(O)CC(C)C)cc1C. The van der Waals surface area contributed by atoms with Crippen LogP contribution in [0, 0.1) is 19.8 Å². The molecule has 0 fully saturated rings. The monoisotopic (exact) mass is 206 g/mol. The van der Waals surface area contributed by atoms with Crippen molar-refractivity contribution in [3.63, 3.8) is 0 Å². The molecule has 0 spiro atoms. The van der Waals surface area contributed by atoms with Crippen LogP contribution in [0.3, 0.4) is 0 Å². The second-order valence-corrected chi connectivity index (χ2v) is 4.91. The van der Waals surface area contributed by atoms with Crippen LogP contribution in [0.5, 0.6) is 0 Å². The van der Waals surface area contributed by atoms with Crippen LogP contribution in [0.25, 0.3) is 0 Å². The molecule has 0 aliphatic carbocycles. The lowest BCUT2D eigenvalue weighted by atomic mass is 9.97. The van der Waals surface area contributed by atoms with E-state index in [9.17, 15) is 5.11 Å². The molecule has 0 bridgehead atoms. The van der Waals surface area contributed by atoms with Crippen LogP contribution in [0.2, 0.25) is 0 Å². The van der Waals surface area contributed by atoms with Crippen molar-refractivity contribution in [2.75, 3.05) is 0 Å². The fraction of sp³-hybridized carbons (Fsp3) is 0.571. The fourth-order valence-corrected chi connectivity index (χ4v) is 1.83. The minimum Gasteiger partial charge on any atom is -0.393 e. The van der Waals surface area contributed by atoms with Crippen molar-refractivity contribution in [3.05, 3.63) is 34.9 Å². The van der Waals surface area contributed by atoms with Crippen LogP contribution in [-0.2, 0) is 6.42 Å². The predicted molar refractivity (Wildman–Crippen MR) is 65.1 cm³/mol. The van der Waals surface area contributed by atoms with Crippen molar-refractivity contribution in [1.29, 1.82) is 0 Å². The molecular formula is C14H22O. The smallest absolute Gasteiger partial charge is 0.0583 e. The molecule has 1 N–H and O–H groups in total. The van der Waals surface area contributed by atoms with Gasteiger partial charge in [0.15, 0.2) is 0 Å². The molecule has 0 radical (unpaired) electrons. The van der Waals surface area contributed by atoms with E-state index in [0.717, 1.165) is 12.8 Å². The highest BCUT2D eigenvalue weighted by atomic mass is 16.3. The first-order valence-corrected chi connectivity index (χ1v) is 5.73. The molecule has 1 rings (SSSR count). The van der Waals surface area contributed by atoms with E-state index in [0.29, 0.717) is 5.92 Å². The van der Waals surface area contributed by atoms with E-state index in [1.54, 1.807) is 0 Å². The molecule has 1 unspecified atom stereocenters. The molecule has 1 aromatic carbocycles. The van der Waals surface area contributed by atoms with Gasteiger partial charge in [0.05, 0.1) is 6.10 Å². The highest BCUT2D eigenvalue weighted by molar-refractivity contribution is 5.30. The average molecular weight is 206 g/mol. The molecule has 1 heteroatoms. The van der Waals surface area contributed by atoms with Gasteiger partial charge in [-0.3, -0.25) is 0 Å². The quantitative estimate of drug-likeness (QED) is 0.801. The van der Waals surface area contributed by atoms with Gasteiger partial charge in [0.25, 0.3) is 0 Å². The maximum Gasteiger partial charge on any atom is 0.0583 e. The van der Waals surface area contributed by atoms with E-state index in [4.69, 9.17) is 0 Å². The normalized spacial score (nSPS) is 13.2. The zero-order valence-electron chi connectivity index (χ0n) is 10.2. The highest BCUT2D eigenvalue weighted by Crippen LogP contribution is 2.14. The zero-order valence-corrected chi connectivity index (χ0v) is 10.2. The van der Waals surface area contributed by atoms with Crippen molar-refractivity contribution >= 4 is 0 Å². The number of hydrogen-bond acceptors (Lipinski definition) is 1. The van der Waals surface area contributed by atoms with E-state index < -0.39 is 0 Å². The molecule has 0 aliphatic heterocycles. The van der Waals surface area contributed by atoms with Gasteiger partial charge in [-0.05, 0) is 49.3 Å². The number of aryl methyl sites for hydroxylation is 2. The first-order chi connectivity index (χ1) is 6.99. The van der Waals surface area contributed by atoms with E-state index in [-0.39, 0.29) is 6.10 Å². The lowest BCUT2D eigenvalue weighted by molar-refractivity contribution is 0.149. The topological polar surface area (TPSA) is 20.2 Å². The standard InChI is InChI=1S/C14H22O/c1-10(2)7-14(15)9-13-6-5-11(3)12(4)8-13/h5-6,8,10,14-15H,7,9H2,1-4H3. The highest BCUT2D eigenvalue weighted by Gasteiger charge is 2.08. The molecule has 1 nitrogen and oxygen atoms in total. The largest absolute Gasteiger partial charge is 0.393 e. The Balaban J connectivity index is 2.60. The second kappa shape index (κ2) is 5.32. The van der Waals surface area contributed by atoms with Gasteiger partial charge in [-0.2, -0.15) is 0 Å². The number of hydrogen-bond donors (Lipinski definition) is 1. The van der Waals surface area contributed by atoms with Crippen molar-refractivity contribution in [2.45, 2.75) is 46.6 Å². The van der Waals surface area contributed by atoms with Crippen molar-refractivity contribution in [3.8, 4) is 0 Å². The Bertz CT molecular complexity index is 315. The van der Waals surface area contributed by atoms with E-state index in [2.05, 4.69) is 45.9 Å². The van der Waals surface area contributed by atoms with Crippen molar-refractivity contribution < 1.29 is 5.11 Å². The van der Waals surface area contributed by atoms with Crippen molar-refractivity contribution in [2.24, 2.45) is 5.92 Å². The van der Waals surface area contributed by atoms with E-state index in [1.165, 1.54) is 16.7 Å². The maximum absolute atomic E-state index is 9.83. The van der Waals surface area contributed by atoms with Crippen LogP contribution < -0.4 is 0 Å². The van der Waals surface area contributed by atoms with E-state index in [1.807, 2.05) is 0 Å². The third-order valence-corrected chi connectivity index (χ3v) is 2.79. The van der Waals surface area contributed by atoms with Crippen molar-refractivity contribution in [1.82, 2.24) is 0 Å². The van der Waals surface area contributed by atoms with Gasteiger partial charge in [0.1, 0.15) is 0 Å². The summed E-state index contributed by atoms with van der Waals surface area (Å²) in [6.45, 7) is 8.52. The van der Waals surface area contributed by atoms with Gasteiger partial charge in [-0.25, -0.2) is 0 Å². The summed E-state index contributed by atoms with van der Waals surface area (Å²) in [5.41, 5.74) is 3.87. The Morgan fingerprint density at radius 1 is 1.13 bits per heavy atom. The molecule has 0 amide bonds. The third-order valence-electron chi connectivity index (χ3n) is 2.79. The van der Waals surface area contributed by atoms with Gasteiger partial charge < -0.3 is 5.11 Å².